The van der Waals surface area contributed by atoms with Crippen molar-refractivity contribution in [3.63, 3.8) is 0 Å². The Hall–Kier alpha value is -2.54. The normalized spacial score (nSPS) is 9.56. The molecule has 2 rings (SSSR count). The Bertz CT molecular complexity index is 719. The molecule has 0 atom stereocenters. The van der Waals surface area contributed by atoms with Crippen LogP contribution in [0.15, 0.2) is 24.3 Å². The number of nitrogens with zero attached hydrogens (tertiary/aromatic N) is 1. The molecule has 0 radical (unpaired) electrons. The third-order valence-electron chi connectivity index (χ3n) is 2.95. The first-order valence-electron chi connectivity index (χ1n) is 7.43. The minimum atomic E-state index is -0.819. The highest BCUT2D eigenvalue weighted by molar-refractivity contribution is 6.29. The summed E-state index contributed by atoms with van der Waals surface area (Å²) in [4.78, 5) is 15.6. The molecular weight excluding hydrogens is 351 g/mol. The van der Waals surface area contributed by atoms with Crippen LogP contribution in [0.1, 0.15) is 24.2 Å². The van der Waals surface area contributed by atoms with Crippen LogP contribution in [0.2, 0.25) is 5.15 Å². The third-order valence-corrected chi connectivity index (χ3v) is 3.22. The lowest BCUT2D eigenvalue weighted by Gasteiger charge is -2.13. The summed E-state index contributed by atoms with van der Waals surface area (Å²) in [6.45, 7) is 4.00. The fourth-order valence-electron chi connectivity index (χ4n) is 1.84. The zero-order valence-corrected chi connectivity index (χ0v) is 15.4. The van der Waals surface area contributed by atoms with E-state index >= 15 is 0 Å². The number of hydrogen-bond acceptors (Lipinski definition) is 6. The Morgan fingerprint density at radius 2 is 1.64 bits per heavy atom. The monoisotopic (exact) mass is 370 g/mol. The second-order valence-electron chi connectivity index (χ2n) is 4.38. The summed E-state index contributed by atoms with van der Waals surface area (Å²) in [7, 11) is 4.20. The lowest BCUT2D eigenvalue weighted by Crippen LogP contribution is -2.09. The van der Waals surface area contributed by atoms with Gasteiger partial charge < -0.3 is 19.5 Å². The highest BCUT2D eigenvalue weighted by atomic mass is 35.5. The topological polar surface area (TPSA) is 69.7 Å². The van der Waals surface area contributed by atoms with Gasteiger partial charge in [-0.2, -0.15) is 0 Å². The van der Waals surface area contributed by atoms with Gasteiger partial charge in [-0.05, 0) is 6.07 Å². The number of benzene rings is 1. The summed E-state index contributed by atoms with van der Waals surface area (Å²) in [5, 5.41) is 2.52. The average Bonchev–Trinajstić information content (AvgIpc) is 2.65. The molecule has 2 aromatic rings. The van der Waals surface area contributed by atoms with E-state index in [2.05, 4.69) is 15.0 Å². The van der Waals surface area contributed by atoms with Crippen LogP contribution in [0, 0.1) is 5.82 Å². The van der Waals surface area contributed by atoms with E-state index in [0.29, 0.717) is 17.2 Å². The van der Waals surface area contributed by atoms with E-state index in [1.54, 1.807) is 18.2 Å². The summed E-state index contributed by atoms with van der Waals surface area (Å²) in [6, 6.07) is 5.95. The Balaban J connectivity index is 0.00000151. The Labute approximate surface area is 150 Å². The van der Waals surface area contributed by atoms with E-state index in [0.717, 1.165) is 6.07 Å². The maximum Gasteiger partial charge on any atom is 0.341 e. The molecule has 0 saturated heterocycles. The number of anilines is 2. The number of hydrogen-bond donors (Lipinski definition) is 1. The molecule has 0 spiro atoms. The quantitative estimate of drug-likeness (QED) is 0.619. The Kier molecular flexibility index (Phi) is 7.94. The molecular formula is C17H20ClFN2O4. The maximum atomic E-state index is 13.6. The van der Waals surface area contributed by atoms with Crippen LogP contribution in [0.4, 0.5) is 15.9 Å². The fraction of sp³-hybridized carbons (Fsp3) is 0.294. The summed E-state index contributed by atoms with van der Waals surface area (Å²) in [6.07, 6.45) is 0. The molecule has 0 fully saturated rings. The number of pyridine rings is 1. The average molecular weight is 371 g/mol. The van der Waals surface area contributed by atoms with E-state index in [1.165, 1.54) is 21.3 Å². The van der Waals surface area contributed by atoms with Gasteiger partial charge in [0.05, 0.1) is 21.3 Å². The number of methoxy groups -OCH3 is 3. The first kappa shape index (κ1) is 20.5. The Morgan fingerprint density at radius 3 is 2.12 bits per heavy atom. The summed E-state index contributed by atoms with van der Waals surface area (Å²) < 4.78 is 28.5. The van der Waals surface area contributed by atoms with Gasteiger partial charge in [-0.1, -0.05) is 25.4 Å². The second kappa shape index (κ2) is 9.68. The summed E-state index contributed by atoms with van der Waals surface area (Å²) in [5.41, 5.74) is 0.428. The van der Waals surface area contributed by atoms with Crippen molar-refractivity contribution in [2.45, 2.75) is 13.8 Å². The highest BCUT2D eigenvalue weighted by Gasteiger charge is 2.18. The van der Waals surface area contributed by atoms with Crippen molar-refractivity contribution < 1.29 is 23.4 Å². The van der Waals surface area contributed by atoms with Crippen molar-refractivity contribution in [2.24, 2.45) is 0 Å². The Morgan fingerprint density at radius 1 is 1.08 bits per heavy atom. The largest absolute Gasteiger partial charge is 0.497 e. The minimum Gasteiger partial charge on any atom is -0.497 e. The van der Waals surface area contributed by atoms with Gasteiger partial charge in [-0.25, -0.2) is 14.2 Å². The molecule has 6 nitrogen and oxygen atoms in total. The molecule has 136 valence electrons. The molecule has 0 amide bonds. The van der Waals surface area contributed by atoms with Crippen molar-refractivity contribution in [3.05, 3.63) is 40.8 Å². The van der Waals surface area contributed by atoms with Gasteiger partial charge >= 0.3 is 5.97 Å². The molecule has 1 aromatic carbocycles. The molecule has 0 aliphatic heterocycles. The zero-order valence-electron chi connectivity index (χ0n) is 14.6. The number of rotatable bonds is 5. The van der Waals surface area contributed by atoms with Gasteiger partial charge in [0.25, 0.3) is 0 Å². The van der Waals surface area contributed by atoms with Gasteiger partial charge in [0.15, 0.2) is 11.0 Å². The molecule has 0 aliphatic rings. The maximum absolute atomic E-state index is 13.6. The third kappa shape index (κ3) is 5.22. The van der Waals surface area contributed by atoms with Crippen LogP contribution in [-0.2, 0) is 4.74 Å². The van der Waals surface area contributed by atoms with Crippen LogP contribution in [0.25, 0.3) is 0 Å². The fourth-order valence-corrected chi connectivity index (χ4v) is 1.98. The van der Waals surface area contributed by atoms with Gasteiger partial charge in [0.2, 0.25) is 0 Å². The molecule has 1 N–H and O–H groups in total. The van der Waals surface area contributed by atoms with Crippen LogP contribution < -0.4 is 14.8 Å². The SMILES string of the molecule is CC.COC(=O)c1cc(F)c(Cl)nc1Nc1cc(OC)cc(OC)c1. The molecule has 1 aromatic heterocycles. The second-order valence-corrected chi connectivity index (χ2v) is 4.73. The summed E-state index contributed by atoms with van der Waals surface area (Å²) in [5.74, 6) is -0.454. The van der Waals surface area contributed by atoms with Crippen molar-refractivity contribution in [2.75, 3.05) is 26.6 Å². The van der Waals surface area contributed by atoms with Gasteiger partial charge in [-0.3, -0.25) is 0 Å². The first-order valence-corrected chi connectivity index (χ1v) is 7.80. The number of aromatic nitrogens is 1. The van der Waals surface area contributed by atoms with E-state index in [1.807, 2.05) is 13.8 Å². The van der Waals surface area contributed by atoms with Crippen molar-refractivity contribution in [3.8, 4) is 11.5 Å². The van der Waals surface area contributed by atoms with Crippen LogP contribution in [-0.4, -0.2) is 32.3 Å². The summed E-state index contributed by atoms with van der Waals surface area (Å²) >= 11 is 5.69. The number of ether oxygens (including phenoxy) is 3. The molecule has 0 unspecified atom stereocenters. The van der Waals surface area contributed by atoms with Gasteiger partial charge in [0, 0.05) is 23.9 Å². The molecule has 0 bridgehead atoms. The van der Waals surface area contributed by atoms with Crippen LogP contribution in [0.3, 0.4) is 0 Å². The minimum absolute atomic E-state index is 0.0542. The number of carbonyl (C=O) groups is 1. The zero-order chi connectivity index (χ0) is 19.0. The molecule has 8 heteroatoms. The molecule has 1 heterocycles. The predicted molar refractivity (Wildman–Crippen MR) is 94.7 cm³/mol. The van der Waals surface area contributed by atoms with E-state index in [-0.39, 0.29) is 16.5 Å². The molecule has 25 heavy (non-hydrogen) atoms. The molecule has 0 aliphatic carbocycles. The van der Waals surface area contributed by atoms with Crippen molar-refractivity contribution in [1.29, 1.82) is 0 Å². The lowest BCUT2D eigenvalue weighted by molar-refractivity contribution is 0.0601. The van der Waals surface area contributed by atoms with Gasteiger partial charge in [-0.15, -0.1) is 0 Å². The van der Waals surface area contributed by atoms with Gasteiger partial charge in [0.1, 0.15) is 22.9 Å². The first-order chi connectivity index (χ1) is 12.0. The number of nitrogens with one attached hydrogen (secondary N) is 1. The number of esters is 1. The van der Waals surface area contributed by atoms with E-state index < -0.39 is 11.8 Å². The predicted octanol–water partition coefficient (Wildman–Crippen LogP) is 4.45. The number of carbonyl (C=O) groups excluding carboxylic acids is 1. The van der Waals surface area contributed by atoms with E-state index in [9.17, 15) is 9.18 Å². The molecule has 0 saturated carbocycles. The smallest absolute Gasteiger partial charge is 0.341 e. The number of halogens is 2. The van der Waals surface area contributed by atoms with Crippen LogP contribution >= 0.6 is 11.6 Å². The van der Waals surface area contributed by atoms with E-state index in [4.69, 9.17) is 21.1 Å². The van der Waals surface area contributed by atoms with Crippen LogP contribution in [0.5, 0.6) is 11.5 Å². The standard InChI is InChI=1S/C15H14ClFN2O4.C2H6/c1-21-9-4-8(5-10(6-9)22-2)18-14-11(15(20)23-3)7-12(17)13(16)19-14;1-2/h4-7H,1-3H3,(H,18,19);1-2H3. The highest BCUT2D eigenvalue weighted by Crippen LogP contribution is 2.30. The van der Waals surface area contributed by atoms with Crippen molar-refractivity contribution >= 4 is 29.1 Å². The van der Waals surface area contributed by atoms with Crippen molar-refractivity contribution in [1.82, 2.24) is 4.98 Å². The lowest BCUT2D eigenvalue weighted by atomic mass is 10.2.